The lowest BCUT2D eigenvalue weighted by atomic mass is 10.1. The van der Waals surface area contributed by atoms with Gasteiger partial charge in [0.1, 0.15) is 5.37 Å². The second-order valence-electron chi connectivity index (χ2n) is 4.65. The predicted molar refractivity (Wildman–Crippen MR) is 75.3 cm³/mol. The zero-order valence-corrected chi connectivity index (χ0v) is 11.7. The summed E-state index contributed by atoms with van der Waals surface area (Å²) in [7, 11) is 0. The van der Waals surface area contributed by atoms with Gasteiger partial charge >= 0.3 is 0 Å². The van der Waals surface area contributed by atoms with Crippen molar-refractivity contribution in [3.63, 3.8) is 0 Å². The third kappa shape index (κ3) is 2.17. The van der Waals surface area contributed by atoms with Crippen LogP contribution in [0.25, 0.3) is 11.2 Å². The van der Waals surface area contributed by atoms with Gasteiger partial charge in [-0.2, -0.15) is 13.8 Å². The number of thioether (sulfide) groups is 1. The first-order chi connectivity index (χ1) is 10.4. The topological polar surface area (TPSA) is 130 Å². The highest BCUT2D eigenvalue weighted by atomic mass is 32.2. The van der Waals surface area contributed by atoms with E-state index in [-0.39, 0.29) is 17.1 Å². The Morgan fingerprint density at radius 3 is 2.91 bits per heavy atom. The second kappa shape index (κ2) is 5.34. The molecule has 1 fully saturated rings. The van der Waals surface area contributed by atoms with Crippen molar-refractivity contribution in [1.29, 1.82) is 0 Å². The highest BCUT2D eigenvalue weighted by Crippen LogP contribution is 2.48. The number of fused-ring (bicyclic) bond motifs is 1. The molecule has 2 aromatic heterocycles. The standard InChI is InChI=1S/C11H11F2N5O3S/c12-7(13)4-6(20)3(1-19)22-10(4)18-2-15-5-8(18)16-11(14)17-9(5)21/h2-3,6,10,19-20H,1H2,(H3,14,16,17,21)/t3-,6?,10+/m1/s1. The second-order valence-corrected chi connectivity index (χ2v) is 5.97. The number of aromatic nitrogens is 4. The normalized spacial score (nSPS) is 25.1. The lowest BCUT2D eigenvalue weighted by Gasteiger charge is -2.13. The van der Waals surface area contributed by atoms with Gasteiger partial charge in [0.05, 0.1) is 29.9 Å². The first-order valence-corrected chi connectivity index (χ1v) is 7.10. The van der Waals surface area contributed by atoms with Crippen LogP contribution in [0.4, 0.5) is 14.7 Å². The Bertz CT molecular complexity index is 816. The number of nitrogen functional groups attached to an aromatic ring is 1. The molecule has 0 amide bonds. The number of aliphatic hydroxyl groups excluding tert-OH is 2. The van der Waals surface area contributed by atoms with Gasteiger partial charge in [0.15, 0.2) is 11.2 Å². The van der Waals surface area contributed by atoms with Crippen molar-refractivity contribution in [2.45, 2.75) is 16.7 Å². The molecule has 1 unspecified atom stereocenters. The van der Waals surface area contributed by atoms with Crippen molar-refractivity contribution in [3.05, 3.63) is 28.3 Å². The number of hydrogen-bond acceptors (Lipinski definition) is 7. The van der Waals surface area contributed by atoms with Gasteiger partial charge < -0.3 is 15.9 Å². The van der Waals surface area contributed by atoms with Crippen molar-refractivity contribution < 1.29 is 19.0 Å². The molecule has 8 nitrogen and oxygen atoms in total. The highest BCUT2D eigenvalue weighted by molar-refractivity contribution is 8.00. The summed E-state index contributed by atoms with van der Waals surface area (Å²) in [6.45, 7) is -0.470. The number of rotatable bonds is 2. The fourth-order valence-electron chi connectivity index (χ4n) is 2.34. The molecule has 0 aromatic carbocycles. The third-order valence-corrected chi connectivity index (χ3v) is 4.84. The first-order valence-electron chi connectivity index (χ1n) is 6.15. The van der Waals surface area contributed by atoms with Crippen molar-refractivity contribution in [2.24, 2.45) is 0 Å². The Kier molecular flexibility index (Phi) is 3.62. The average Bonchev–Trinajstić information content (AvgIpc) is 2.99. The zero-order chi connectivity index (χ0) is 16.0. The van der Waals surface area contributed by atoms with Gasteiger partial charge in [-0.05, 0) is 0 Å². The van der Waals surface area contributed by atoms with E-state index in [1.807, 2.05) is 0 Å². The number of aromatic amines is 1. The lowest BCUT2D eigenvalue weighted by Crippen LogP contribution is -2.23. The van der Waals surface area contributed by atoms with E-state index in [9.17, 15) is 23.8 Å². The maximum absolute atomic E-state index is 13.2. The van der Waals surface area contributed by atoms with Crippen LogP contribution in [0.1, 0.15) is 5.37 Å². The van der Waals surface area contributed by atoms with Crippen molar-refractivity contribution in [1.82, 2.24) is 19.5 Å². The van der Waals surface area contributed by atoms with Crippen LogP contribution in [0.2, 0.25) is 0 Å². The number of nitrogens with two attached hydrogens (primary N) is 1. The van der Waals surface area contributed by atoms with Crippen molar-refractivity contribution in [3.8, 4) is 0 Å². The van der Waals surface area contributed by atoms with Crippen LogP contribution in [-0.4, -0.2) is 47.7 Å². The molecule has 0 radical (unpaired) electrons. The quantitative estimate of drug-likeness (QED) is 0.600. The number of hydrogen-bond donors (Lipinski definition) is 4. The van der Waals surface area contributed by atoms with Crippen LogP contribution >= 0.6 is 11.8 Å². The molecule has 22 heavy (non-hydrogen) atoms. The van der Waals surface area contributed by atoms with Gasteiger partial charge in [0.2, 0.25) is 5.95 Å². The molecule has 0 saturated carbocycles. The van der Waals surface area contributed by atoms with Gasteiger partial charge in [-0.3, -0.25) is 14.3 Å². The van der Waals surface area contributed by atoms with Gasteiger partial charge in [0.25, 0.3) is 11.6 Å². The van der Waals surface area contributed by atoms with Crippen LogP contribution in [0.5, 0.6) is 0 Å². The molecule has 0 spiro atoms. The molecule has 5 N–H and O–H groups in total. The SMILES string of the molecule is Nc1nc2c(ncn2[C@H]2S[C@H](CO)C(O)C2=C(F)F)c(=O)[nH]1. The molecule has 0 bridgehead atoms. The minimum atomic E-state index is -2.04. The molecule has 2 aromatic rings. The molecule has 1 aliphatic rings. The Balaban J connectivity index is 2.19. The van der Waals surface area contributed by atoms with E-state index in [1.54, 1.807) is 0 Å². The number of aliphatic hydroxyl groups is 2. The molecule has 11 heteroatoms. The van der Waals surface area contributed by atoms with E-state index in [2.05, 4.69) is 15.0 Å². The Hall–Kier alpha value is -1.98. The smallest absolute Gasteiger partial charge is 0.280 e. The van der Waals surface area contributed by atoms with E-state index >= 15 is 0 Å². The molecule has 1 saturated heterocycles. The Labute approximate surface area is 125 Å². The fourth-order valence-corrected chi connectivity index (χ4v) is 3.71. The van der Waals surface area contributed by atoms with Gasteiger partial charge in [-0.25, -0.2) is 4.98 Å². The molecule has 0 aliphatic carbocycles. The largest absolute Gasteiger partial charge is 0.395 e. The van der Waals surface area contributed by atoms with Gasteiger partial charge in [-0.15, -0.1) is 11.8 Å². The van der Waals surface area contributed by atoms with Crippen LogP contribution in [0.15, 0.2) is 22.8 Å². The number of H-pyrrole nitrogens is 1. The number of halogens is 2. The molecule has 1 aliphatic heterocycles. The Morgan fingerprint density at radius 2 is 2.27 bits per heavy atom. The maximum Gasteiger partial charge on any atom is 0.280 e. The van der Waals surface area contributed by atoms with E-state index < -0.39 is 40.5 Å². The van der Waals surface area contributed by atoms with Crippen molar-refractivity contribution >= 4 is 28.9 Å². The summed E-state index contributed by atoms with van der Waals surface area (Å²) in [6, 6.07) is 0. The lowest BCUT2D eigenvalue weighted by molar-refractivity contribution is 0.165. The van der Waals surface area contributed by atoms with E-state index in [0.29, 0.717) is 0 Å². The Morgan fingerprint density at radius 1 is 1.55 bits per heavy atom. The zero-order valence-electron chi connectivity index (χ0n) is 10.9. The molecule has 118 valence electrons. The van der Waals surface area contributed by atoms with Crippen LogP contribution in [-0.2, 0) is 0 Å². The van der Waals surface area contributed by atoms with Crippen LogP contribution in [0.3, 0.4) is 0 Å². The highest BCUT2D eigenvalue weighted by Gasteiger charge is 2.42. The van der Waals surface area contributed by atoms with Gasteiger partial charge in [-0.1, -0.05) is 0 Å². The molecule has 3 heterocycles. The molecule has 3 atom stereocenters. The summed E-state index contributed by atoms with van der Waals surface area (Å²) in [6.07, 6.45) is -2.36. The summed E-state index contributed by atoms with van der Waals surface area (Å²) in [4.78, 5) is 21.7. The van der Waals surface area contributed by atoms with E-state index in [0.717, 1.165) is 11.8 Å². The summed E-state index contributed by atoms with van der Waals surface area (Å²) in [5.41, 5.74) is 4.32. The van der Waals surface area contributed by atoms with E-state index in [1.165, 1.54) is 10.9 Å². The number of nitrogens with one attached hydrogen (secondary N) is 1. The van der Waals surface area contributed by atoms with Crippen LogP contribution in [0, 0.1) is 0 Å². The van der Waals surface area contributed by atoms with Crippen LogP contribution < -0.4 is 11.3 Å². The summed E-state index contributed by atoms with van der Waals surface area (Å²) < 4.78 is 27.6. The molecular weight excluding hydrogens is 320 g/mol. The summed E-state index contributed by atoms with van der Waals surface area (Å²) in [5, 5.41) is 17.3. The number of nitrogens with zero attached hydrogens (tertiary/aromatic N) is 3. The minimum Gasteiger partial charge on any atom is -0.395 e. The van der Waals surface area contributed by atoms with E-state index in [4.69, 9.17) is 5.73 Å². The monoisotopic (exact) mass is 331 g/mol. The molecule has 3 rings (SSSR count). The molecular formula is C11H11F2N5O3S. The summed E-state index contributed by atoms with van der Waals surface area (Å²) in [5.74, 6) is -0.173. The van der Waals surface area contributed by atoms with Crippen molar-refractivity contribution in [2.75, 3.05) is 12.3 Å². The minimum absolute atomic E-state index is 0.0308. The summed E-state index contributed by atoms with van der Waals surface area (Å²) >= 11 is 0.932. The third-order valence-electron chi connectivity index (χ3n) is 3.34. The fraction of sp³-hybridized carbons (Fsp3) is 0.364. The average molecular weight is 331 g/mol. The first kappa shape index (κ1) is 14.9. The van der Waals surface area contributed by atoms with Gasteiger partial charge in [0, 0.05) is 0 Å². The number of anilines is 1. The number of imidazole rings is 1. The maximum atomic E-state index is 13.2. The predicted octanol–water partition coefficient (Wildman–Crippen LogP) is -0.180.